The van der Waals surface area contributed by atoms with Crippen LogP contribution < -0.4 is 5.32 Å². The average Bonchev–Trinajstić information content (AvgIpc) is 3.24. The Hall–Kier alpha value is -3.45. The predicted octanol–water partition coefficient (Wildman–Crippen LogP) is 5.07. The molecule has 0 bridgehead atoms. The van der Waals surface area contributed by atoms with Gasteiger partial charge >= 0.3 is 0 Å². The monoisotopic (exact) mass is 471 g/mol. The predicted molar refractivity (Wildman–Crippen MR) is 135 cm³/mol. The van der Waals surface area contributed by atoms with Gasteiger partial charge in [-0.15, -0.1) is 10.2 Å². The van der Waals surface area contributed by atoms with Crippen molar-refractivity contribution in [3.8, 4) is 0 Å². The van der Waals surface area contributed by atoms with Gasteiger partial charge in [-0.2, -0.15) is 0 Å². The molecule has 6 nitrogen and oxygen atoms in total. The molecule has 2 aromatic heterocycles. The molecule has 1 amide bonds. The van der Waals surface area contributed by atoms with Crippen LogP contribution in [0, 0.1) is 5.92 Å². The second-order valence-corrected chi connectivity index (χ2v) is 9.46. The third-order valence-corrected chi connectivity index (χ3v) is 6.45. The molecule has 1 N–H and O–H groups in total. The van der Waals surface area contributed by atoms with Crippen LogP contribution in [0.15, 0.2) is 90.3 Å². The van der Waals surface area contributed by atoms with Gasteiger partial charge in [-0.1, -0.05) is 86.3 Å². The summed E-state index contributed by atoms with van der Waals surface area (Å²) in [5.41, 5.74) is 3.11. The molecule has 0 atom stereocenters. The molecule has 0 saturated heterocycles. The van der Waals surface area contributed by atoms with Crippen molar-refractivity contribution in [3.63, 3.8) is 0 Å². The van der Waals surface area contributed by atoms with E-state index in [0.717, 1.165) is 34.4 Å². The Morgan fingerprint density at radius 1 is 0.912 bits per heavy atom. The van der Waals surface area contributed by atoms with E-state index >= 15 is 0 Å². The van der Waals surface area contributed by atoms with Crippen LogP contribution in [0.25, 0.3) is 0 Å². The molecule has 174 valence electrons. The molecular weight excluding hydrogens is 442 g/mol. The summed E-state index contributed by atoms with van der Waals surface area (Å²) in [5.74, 6) is 1.54. The Balaban J connectivity index is 1.51. The highest BCUT2D eigenvalue weighted by molar-refractivity contribution is 7.98. The topological polar surface area (TPSA) is 72.7 Å². The van der Waals surface area contributed by atoms with Crippen LogP contribution in [-0.4, -0.2) is 25.7 Å². The Kier molecular flexibility index (Phi) is 8.09. The summed E-state index contributed by atoms with van der Waals surface area (Å²) in [4.78, 5) is 17.5. The fraction of sp³-hybridized carbons (Fsp3) is 0.259. The SMILES string of the molecule is CC(C)Cn1c(CNC(=O)C(c2ccccc2)c2ccccc2)nnc1SCc1ccncc1. The number of rotatable bonds is 10. The van der Waals surface area contributed by atoms with Crippen LogP contribution in [0.3, 0.4) is 0 Å². The second-order valence-electron chi connectivity index (χ2n) is 8.52. The van der Waals surface area contributed by atoms with Gasteiger partial charge in [0.05, 0.1) is 12.5 Å². The molecule has 0 saturated carbocycles. The van der Waals surface area contributed by atoms with E-state index in [1.165, 1.54) is 5.56 Å². The van der Waals surface area contributed by atoms with Gasteiger partial charge < -0.3 is 9.88 Å². The van der Waals surface area contributed by atoms with Gasteiger partial charge in [0.2, 0.25) is 5.91 Å². The van der Waals surface area contributed by atoms with Gasteiger partial charge in [0.15, 0.2) is 11.0 Å². The standard InChI is InChI=1S/C27H29N5OS/c1-20(2)18-32-24(30-31-27(32)34-19-21-13-15-28-16-14-21)17-29-26(33)25(22-9-5-3-6-10-22)23-11-7-4-8-12-23/h3-16,20,25H,17-19H2,1-2H3,(H,29,33). The minimum absolute atomic E-state index is 0.0533. The van der Waals surface area contributed by atoms with Crippen molar-refractivity contribution in [2.75, 3.05) is 0 Å². The minimum Gasteiger partial charge on any atom is -0.348 e. The highest BCUT2D eigenvalue weighted by Crippen LogP contribution is 2.26. The largest absolute Gasteiger partial charge is 0.348 e. The van der Waals surface area contributed by atoms with E-state index in [2.05, 4.69) is 38.9 Å². The molecular formula is C27H29N5OS. The first-order valence-electron chi connectivity index (χ1n) is 11.4. The lowest BCUT2D eigenvalue weighted by Crippen LogP contribution is -2.31. The van der Waals surface area contributed by atoms with Crippen molar-refractivity contribution >= 4 is 17.7 Å². The first kappa shape index (κ1) is 23.7. The molecule has 0 spiro atoms. The number of nitrogens with zero attached hydrogens (tertiary/aromatic N) is 4. The lowest BCUT2D eigenvalue weighted by molar-refractivity contribution is -0.121. The van der Waals surface area contributed by atoms with Gasteiger partial charge in [-0.25, -0.2) is 0 Å². The smallest absolute Gasteiger partial charge is 0.232 e. The summed E-state index contributed by atoms with van der Waals surface area (Å²) >= 11 is 1.65. The highest BCUT2D eigenvalue weighted by atomic mass is 32.2. The molecule has 0 aliphatic heterocycles. The summed E-state index contributed by atoms with van der Waals surface area (Å²) in [7, 11) is 0. The summed E-state index contributed by atoms with van der Waals surface area (Å²) in [6.45, 7) is 5.45. The quantitative estimate of drug-likeness (QED) is 0.327. The first-order valence-corrected chi connectivity index (χ1v) is 12.4. The van der Waals surface area contributed by atoms with E-state index in [4.69, 9.17) is 0 Å². The summed E-state index contributed by atoms with van der Waals surface area (Å²) in [5, 5.41) is 12.8. The number of aromatic nitrogens is 4. The number of benzene rings is 2. The van der Waals surface area contributed by atoms with Crippen molar-refractivity contribution < 1.29 is 4.79 Å². The fourth-order valence-corrected chi connectivity index (χ4v) is 4.71. The van der Waals surface area contributed by atoms with Crippen LogP contribution in [0.4, 0.5) is 0 Å². The number of carbonyl (C=O) groups is 1. The van der Waals surface area contributed by atoms with Crippen LogP contribution in [0.1, 0.15) is 42.3 Å². The van der Waals surface area contributed by atoms with Gasteiger partial charge in [0, 0.05) is 24.7 Å². The molecule has 0 aliphatic rings. The molecule has 2 heterocycles. The number of thioether (sulfide) groups is 1. The molecule has 0 unspecified atom stereocenters. The molecule has 0 fully saturated rings. The second kappa shape index (κ2) is 11.6. The Morgan fingerprint density at radius 3 is 2.12 bits per heavy atom. The third kappa shape index (κ3) is 6.11. The number of nitrogens with one attached hydrogen (secondary N) is 1. The number of amides is 1. The van der Waals surface area contributed by atoms with E-state index in [9.17, 15) is 4.79 Å². The van der Waals surface area contributed by atoms with E-state index in [1.807, 2.05) is 72.8 Å². The van der Waals surface area contributed by atoms with Crippen molar-refractivity contribution in [3.05, 3.63) is 108 Å². The number of hydrogen-bond donors (Lipinski definition) is 1. The van der Waals surface area contributed by atoms with Crippen molar-refractivity contribution in [2.45, 2.75) is 43.8 Å². The molecule has 7 heteroatoms. The summed E-state index contributed by atoms with van der Waals surface area (Å²) in [6, 6.07) is 23.8. The van der Waals surface area contributed by atoms with Crippen LogP contribution in [0.2, 0.25) is 0 Å². The zero-order valence-corrected chi connectivity index (χ0v) is 20.3. The van der Waals surface area contributed by atoms with E-state index in [-0.39, 0.29) is 11.8 Å². The van der Waals surface area contributed by atoms with Crippen molar-refractivity contribution in [2.24, 2.45) is 5.92 Å². The van der Waals surface area contributed by atoms with Gasteiger partial charge in [0.25, 0.3) is 0 Å². The number of pyridine rings is 1. The minimum atomic E-state index is -0.385. The van der Waals surface area contributed by atoms with Gasteiger partial charge in [-0.05, 0) is 34.7 Å². The molecule has 4 aromatic rings. The first-order chi connectivity index (χ1) is 16.6. The van der Waals surface area contributed by atoms with Crippen molar-refractivity contribution in [1.82, 2.24) is 25.1 Å². The molecule has 0 aliphatic carbocycles. The van der Waals surface area contributed by atoms with Crippen LogP contribution in [-0.2, 0) is 23.6 Å². The maximum atomic E-state index is 13.4. The number of carbonyl (C=O) groups excluding carboxylic acids is 1. The zero-order chi connectivity index (χ0) is 23.8. The maximum Gasteiger partial charge on any atom is 0.232 e. The lowest BCUT2D eigenvalue weighted by atomic mass is 9.90. The van der Waals surface area contributed by atoms with Crippen LogP contribution in [0.5, 0.6) is 0 Å². The van der Waals surface area contributed by atoms with E-state index in [0.29, 0.717) is 12.5 Å². The van der Waals surface area contributed by atoms with E-state index < -0.39 is 0 Å². The normalized spacial score (nSPS) is 11.2. The third-order valence-electron chi connectivity index (χ3n) is 5.41. The highest BCUT2D eigenvalue weighted by Gasteiger charge is 2.23. The van der Waals surface area contributed by atoms with Gasteiger partial charge in [0.1, 0.15) is 0 Å². The molecule has 0 radical (unpaired) electrons. The Morgan fingerprint density at radius 2 is 1.53 bits per heavy atom. The lowest BCUT2D eigenvalue weighted by Gasteiger charge is -2.18. The molecule has 2 aromatic carbocycles. The zero-order valence-electron chi connectivity index (χ0n) is 19.5. The Bertz CT molecular complexity index is 1140. The summed E-state index contributed by atoms with van der Waals surface area (Å²) < 4.78 is 2.12. The molecule has 34 heavy (non-hydrogen) atoms. The number of hydrogen-bond acceptors (Lipinski definition) is 5. The van der Waals surface area contributed by atoms with Crippen molar-refractivity contribution in [1.29, 1.82) is 0 Å². The van der Waals surface area contributed by atoms with Crippen LogP contribution >= 0.6 is 11.8 Å². The van der Waals surface area contributed by atoms with E-state index in [1.54, 1.807) is 24.2 Å². The fourth-order valence-electron chi connectivity index (χ4n) is 3.79. The maximum absolute atomic E-state index is 13.4. The molecule has 4 rings (SSSR count). The average molecular weight is 472 g/mol. The van der Waals surface area contributed by atoms with Gasteiger partial charge in [-0.3, -0.25) is 9.78 Å². The summed E-state index contributed by atoms with van der Waals surface area (Å²) in [6.07, 6.45) is 3.59. The Labute approximate surface area is 204 Å².